The minimum Gasteiger partial charge on any atom is -0.316 e. The van der Waals surface area contributed by atoms with Gasteiger partial charge in [-0.3, -0.25) is 9.36 Å². The summed E-state index contributed by atoms with van der Waals surface area (Å²) in [6, 6.07) is 10.6. The first kappa shape index (κ1) is 26.7. The molecule has 38 heavy (non-hydrogen) atoms. The van der Waals surface area contributed by atoms with Crippen molar-refractivity contribution < 1.29 is 4.79 Å². The third-order valence-electron chi connectivity index (χ3n) is 7.73. The number of allylic oxidation sites excluding steroid dienone is 1. The number of fused-ring (bicyclic) bond motifs is 2. The number of rotatable bonds is 9. The molecule has 4 aromatic rings. The number of thioether (sulfide) groups is 1. The number of aromatic nitrogens is 3. The Kier molecular flexibility index (Phi) is 7.75. The molecule has 1 atom stereocenters. The van der Waals surface area contributed by atoms with Crippen molar-refractivity contribution >= 4 is 55.4 Å². The highest BCUT2D eigenvalue weighted by molar-refractivity contribution is 7.99. The lowest BCUT2D eigenvalue weighted by atomic mass is 9.69. The molecule has 3 heterocycles. The Morgan fingerprint density at radius 3 is 2.95 bits per heavy atom. The highest BCUT2D eigenvalue weighted by Gasteiger charge is 2.34. The third kappa shape index (κ3) is 5.05. The van der Waals surface area contributed by atoms with E-state index in [0.717, 1.165) is 48.0 Å². The second-order valence-electron chi connectivity index (χ2n) is 10.3. The molecule has 1 aliphatic carbocycles. The fraction of sp³-hybridized carbons (Fsp3) is 0.379. The van der Waals surface area contributed by atoms with E-state index in [1.165, 1.54) is 21.3 Å². The summed E-state index contributed by atoms with van der Waals surface area (Å²) in [4.78, 5) is 14.3. The maximum atomic E-state index is 13.0. The van der Waals surface area contributed by atoms with E-state index in [4.69, 9.17) is 0 Å². The summed E-state index contributed by atoms with van der Waals surface area (Å²) in [7, 11) is 0. The van der Waals surface area contributed by atoms with Crippen molar-refractivity contribution in [1.29, 1.82) is 5.26 Å². The summed E-state index contributed by atoms with van der Waals surface area (Å²) >= 11 is 4.60. The van der Waals surface area contributed by atoms with Crippen LogP contribution in [-0.2, 0) is 24.2 Å². The number of benzene rings is 1. The molecule has 3 aromatic heterocycles. The van der Waals surface area contributed by atoms with Crippen molar-refractivity contribution in [3.05, 3.63) is 58.3 Å². The molecule has 1 amide bonds. The van der Waals surface area contributed by atoms with Crippen LogP contribution in [-0.4, -0.2) is 26.4 Å². The fourth-order valence-corrected chi connectivity index (χ4v) is 8.06. The summed E-state index contributed by atoms with van der Waals surface area (Å²) in [5, 5.41) is 26.4. The molecule has 6 nitrogen and oxygen atoms in total. The minimum atomic E-state index is -0.147. The first-order valence-corrected chi connectivity index (χ1v) is 15.5. The normalized spacial score (nSPS) is 15.3. The van der Waals surface area contributed by atoms with E-state index in [9.17, 15) is 10.1 Å². The van der Waals surface area contributed by atoms with E-state index in [1.807, 2.05) is 22.8 Å². The molecule has 0 aliphatic heterocycles. The maximum absolute atomic E-state index is 13.0. The van der Waals surface area contributed by atoms with E-state index in [1.54, 1.807) is 22.7 Å². The van der Waals surface area contributed by atoms with Crippen LogP contribution in [0.5, 0.6) is 0 Å². The quantitative estimate of drug-likeness (QED) is 0.168. The predicted molar refractivity (Wildman–Crippen MR) is 159 cm³/mol. The standard InChI is InChI=1S/C29H31N5OS3/c1-5-13-34-26(22-16-36-23-10-8-7-9-19(22)23)32-33-28(34)37-17-25(35)31-27-21(15-30)20-12-11-18(14-24(20)38-27)29(3,4)6-2/h5,7-10,16,18H,1,6,11-14,17H2,2-4H3,(H,31,35). The van der Waals surface area contributed by atoms with Crippen LogP contribution in [0.15, 0.2) is 47.5 Å². The average Bonchev–Trinajstić information content (AvgIpc) is 3.61. The largest absolute Gasteiger partial charge is 0.316 e. The molecule has 0 spiro atoms. The number of nitriles is 1. The monoisotopic (exact) mass is 561 g/mol. The van der Waals surface area contributed by atoms with Crippen LogP contribution in [0, 0.1) is 22.7 Å². The second-order valence-corrected chi connectivity index (χ2v) is 13.2. The van der Waals surface area contributed by atoms with Gasteiger partial charge in [0.25, 0.3) is 0 Å². The van der Waals surface area contributed by atoms with Gasteiger partial charge in [0.2, 0.25) is 5.91 Å². The molecule has 1 aliphatic rings. The van der Waals surface area contributed by atoms with Crippen LogP contribution in [0.1, 0.15) is 49.6 Å². The summed E-state index contributed by atoms with van der Waals surface area (Å²) < 4.78 is 3.19. The molecule has 0 bridgehead atoms. The van der Waals surface area contributed by atoms with Gasteiger partial charge >= 0.3 is 0 Å². The van der Waals surface area contributed by atoms with E-state index in [-0.39, 0.29) is 17.1 Å². The molecule has 0 saturated heterocycles. The molecule has 0 radical (unpaired) electrons. The zero-order valence-electron chi connectivity index (χ0n) is 21.9. The number of hydrogen-bond acceptors (Lipinski definition) is 7. The second kappa shape index (κ2) is 11.0. The van der Waals surface area contributed by atoms with Crippen molar-refractivity contribution in [2.75, 3.05) is 11.1 Å². The Morgan fingerprint density at radius 1 is 1.37 bits per heavy atom. The Balaban J connectivity index is 1.31. The molecule has 9 heteroatoms. The van der Waals surface area contributed by atoms with Crippen molar-refractivity contribution in [2.24, 2.45) is 11.3 Å². The van der Waals surface area contributed by atoms with Gasteiger partial charge in [0, 0.05) is 32.5 Å². The summed E-state index contributed by atoms with van der Waals surface area (Å²) in [6.07, 6.45) is 5.91. The summed E-state index contributed by atoms with van der Waals surface area (Å²) in [5.74, 6) is 1.40. The zero-order valence-corrected chi connectivity index (χ0v) is 24.4. The van der Waals surface area contributed by atoms with Gasteiger partial charge in [-0.25, -0.2) is 0 Å². The number of nitrogens with zero attached hydrogens (tertiary/aromatic N) is 4. The zero-order chi connectivity index (χ0) is 26.9. The maximum Gasteiger partial charge on any atom is 0.235 e. The number of carbonyl (C=O) groups is 1. The molecule has 1 aromatic carbocycles. The molecular formula is C29H31N5OS3. The van der Waals surface area contributed by atoms with Gasteiger partial charge < -0.3 is 5.32 Å². The van der Waals surface area contributed by atoms with E-state index >= 15 is 0 Å². The smallest absolute Gasteiger partial charge is 0.235 e. The summed E-state index contributed by atoms with van der Waals surface area (Å²) in [6.45, 7) is 11.4. The SMILES string of the molecule is C=CCn1c(SCC(=O)Nc2sc3c(c2C#N)CCC(C(C)(C)CC)C3)nnc1-c1csc2ccccc12. The van der Waals surface area contributed by atoms with Crippen molar-refractivity contribution in [1.82, 2.24) is 14.8 Å². The molecule has 1 N–H and O–H groups in total. The molecule has 5 rings (SSSR count). The van der Waals surface area contributed by atoms with Crippen LogP contribution in [0.3, 0.4) is 0 Å². The van der Waals surface area contributed by atoms with Gasteiger partial charge in [0.15, 0.2) is 11.0 Å². The van der Waals surface area contributed by atoms with E-state index < -0.39 is 0 Å². The van der Waals surface area contributed by atoms with E-state index in [2.05, 4.69) is 66.4 Å². The van der Waals surface area contributed by atoms with Gasteiger partial charge in [-0.1, -0.05) is 63.2 Å². The van der Waals surface area contributed by atoms with E-state index in [0.29, 0.717) is 28.2 Å². The Morgan fingerprint density at radius 2 is 2.18 bits per heavy atom. The van der Waals surface area contributed by atoms with Gasteiger partial charge in [-0.05, 0) is 42.2 Å². The number of nitrogens with one attached hydrogen (secondary N) is 1. The first-order chi connectivity index (χ1) is 18.4. The van der Waals surface area contributed by atoms with Crippen LogP contribution in [0.25, 0.3) is 21.5 Å². The van der Waals surface area contributed by atoms with Gasteiger partial charge in [-0.2, -0.15) is 5.26 Å². The molecule has 0 fully saturated rings. The van der Waals surface area contributed by atoms with Crippen LogP contribution in [0.4, 0.5) is 5.00 Å². The molecule has 0 saturated carbocycles. The molecule has 1 unspecified atom stereocenters. The third-order valence-corrected chi connectivity index (χ3v) is 10.8. The number of hydrogen-bond donors (Lipinski definition) is 1. The lowest BCUT2D eigenvalue weighted by molar-refractivity contribution is -0.113. The van der Waals surface area contributed by atoms with Crippen LogP contribution in [0.2, 0.25) is 0 Å². The topological polar surface area (TPSA) is 83.6 Å². The Hall–Kier alpha value is -2.93. The lowest BCUT2D eigenvalue weighted by Crippen LogP contribution is -2.28. The van der Waals surface area contributed by atoms with Crippen molar-refractivity contribution in [3.63, 3.8) is 0 Å². The Labute approximate surface area is 235 Å². The highest BCUT2D eigenvalue weighted by atomic mass is 32.2. The predicted octanol–water partition coefficient (Wildman–Crippen LogP) is 7.55. The van der Waals surface area contributed by atoms with Crippen LogP contribution >= 0.6 is 34.4 Å². The fourth-order valence-electron chi connectivity index (χ4n) is 5.08. The Bertz CT molecular complexity index is 1540. The first-order valence-electron chi connectivity index (χ1n) is 12.8. The average molecular weight is 562 g/mol. The van der Waals surface area contributed by atoms with Crippen LogP contribution < -0.4 is 5.32 Å². The van der Waals surface area contributed by atoms with Gasteiger partial charge in [0.05, 0.1) is 11.3 Å². The van der Waals surface area contributed by atoms with Gasteiger partial charge in [0.1, 0.15) is 11.1 Å². The number of carbonyl (C=O) groups excluding carboxylic acids is 1. The van der Waals surface area contributed by atoms with Gasteiger partial charge in [-0.15, -0.1) is 39.4 Å². The number of thiophene rings is 2. The number of anilines is 1. The van der Waals surface area contributed by atoms with Crippen molar-refractivity contribution in [2.45, 2.75) is 58.2 Å². The lowest BCUT2D eigenvalue weighted by Gasteiger charge is -2.36. The minimum absolute atomic E-state index is 0.147. The molecular weight excluding hydrogens is 531 g/mol. The number of amides is 1. The highest BCUT2D eigenvalue weighted by Crippen LogP contribution is 2.45. The summed E-state index contributed by atoms with van der Waals surface area (Å²) in [5.41, 5.74) is 3.06. The molecule has 196 valence electrons. The van der Waals surface area contributed by atoms with Crippen molar-refractivity contribution in [3.8, 4) is 17.5 Å².